The summed E-state index contributed by atoms with van der Waals surface area (Å²) in [5, 5.41) is 2.88. The number of benzene rings is 2. The summed E-state index contributed by atoms with van der Waals surface area (Å²) in [6.07, 6.45) is 0. The second kappa shape index (κ2) is 9.48. The van der Waals surface area contributed by atoms with Gasteiger partial charge in [0.05, 0.1) is 0 Å². The van der Waals surface area contributed by atoms with Crippen molar-refractivity contribution in [1.29, 1.82) is 0 Å². The highest BCUT2D eigenvalue weighted by molar-refractivity contribution is 5.94. The largest absolute Gasteiger partial charge is 0.484 e. The van der Waals surface area contributed by atoms with Gasteiger partial charge in [-0.1, -0.05) is 24.3 Å². The van der Waals surface area contributed by atoms with E-state index < -0.39 is 0 Å². The third kappa shape index (κ3) is 5.90. The van der Waals surface area contributed by atoms with Crippen molar-refractivity contribution in [1.82, 2.24) is 9.80 Å². The molecule has 1 amide bonds. The lowest BCUT2D eigenvalue weighted by Crippen LogP contribution is -2.43. The number of carbonyl (C=O) groups excluding carboxylic acids is 2. The Morgan fingerprint density at radius 2 is 1.79 bits per heavy atom. The molecule has 0 unspecified atom stereocenters. The number of nitrogens with one attached hydrogen (secondary N) is 1. The van der Waals surface area contributed by atoms with Crippen LogP contribution in [0.4, 0.5) is 5.69 Å². The van der Waals surface area contributed by atoms with Crippen LogP contribution < -0.4 is 10.1 Å². The first-order valence-corrected chi connectivity index (χ1v) is 9.53. The molecule has 6 nitrogen and oxygen atoms in total. The van der Waals surface area contributed by atoms with Crippen molar-refractivity contribution in [3.63, 3.8) is 0 Å². The molecule has 0 radical (unpaired) electrons. The van der Waals surface area contributed by atoms with E-state index in [9.17, 15) is 9.59 Å². The lowest BCUT2D eigenvalue weighted by atomic mass is 10.1. The van der Waals surface area contributed by atoms with Crippen LogP contribution in [0.1, 0.15) is 22.8 Å². The summed E-state index contributed by atoms with van der Waals surface area (Å²) in [6.45, 7) is 6.55. The topological polar surface area (TPSA) is 61.9 Å². The first-order chi connectivity index (χ1) is 13.5. The van der Waals surface area contributed by atoms with Crippen molar-refractivity contribution >= 4 is 17.4 Å². The molecule has 28 heavy (non-hydrogen) atoms. The van der Waals surface area contributed by atoms with Gasteiger partial charge in [0.15, 0.2) is 12.4 Å². The fourth-order valence-electron chi connectivity index (χ4n) is 3.16. The van der Waals surface area contributed by atoms with E-state index in [-0.39, 0.29) is 18.3 Å². The molecule has 1 heterocycles. The third-order valence-electron chi connectivity index (χ3n) is 4.82. The number of anilines is 1. The van der Waals surface area contributed by atoms with Crippen molar-refractivity contribution in [2.24, 2.45) is 0 Å². The van der Waals surface area contributed by atoms with Gasteiger partial charge in [-0.15, -0.1) is 0 Å². The van der Waals surface area contributed by atoms with Crippen LogP contribution in [0.5, 0.6) is 5.75 Å². The molecule has 0 aliphatic carbocycles. The summed E-state index contributed by atoms with van der Waals surface area (Å²) in [5.41, 5.74) is 2.50. The SMILES string of the molecule is CC(=O)c1cccc(OCC(=O)Nc2cccc(CN3CCN(C)CC3)c2)c1. The third-order valence-corrected chi connectivity index (χ3v) is 4.82. The maximum Gasteiger partial charge on any atom is 0.262 e. The molecule has 0 spiro atoms. The molecule has 148 valence electrons. The number of Topliss-reactive ketones (excluding diaryl/α,β-unsaturated/α-hetero) is 1. The molecule has 6 heteroatoms. The van der Waals surface area contributed by atoms with Crippen LogP contribution in [0.2, 0.25) is 0 Å². The molecule has 0 saturated carbocycles. The maximum atomic E-state index is 12.2. The van der Waals surface area contributed by atoms with Gasteiger partial charge in [0.2, 0.25) is 0 Å². The van der Waals surface area contributed by atoms with E-state index in [0.29, 0.717) is 11.3 Å². The van der Waals surface area contributed by atoms with Crippen molar-refractivity contribution < 1.29 is 14.3 Å². The van der Waals surface area contributed by atoms with E-state index in [1.54, 1.807) is 24.3 Å². The van der Waals surface area contributed by atoms with Gasteiger partial charge in [-0.2, -0.15) is 0 Å². The van der Waals surface area contributed by atoms with E-state index >= 15 is 0 Å². The summed E-state index contributed by atoms with van der Waals surface area (Å²) in [4.78, 5) is 28.4. The summed E-state index contributed by atoms with van der Waals surface area (Å²) in [7, 11) is 2.14. The second-order valence-corrected chi connectivity index (χ2v) is 7.20. The Kier molecular flexibility index (Phi) is 6.79. The summed E-state index contributed by atoms with van der Waals surface area (Å²) in [6, 6.07) is 14.8. The van der Waals surface area contributed by atoms with E-state index in [4.69, 9.17) is 4.74 Å². The highest BCUT2D eigenvalue weighted by Crippen LogP contribution is 2.16. The zero-order chi connectivity index (χ0) is 19.9. The Labute approximate surface area is 166 Å². The van der Waals surface area contributed by atoms with Gasteiger partial charge in [-0.05, 0) is 43.8 Å². The molecule has 0 atom stereocenters. The Balaban J connectivity index is 1.51. The molecule has 2 aromatic carbocycles. The second-order valence-electron chi connectivity index (χ2n) is 7.20. The van der Waals surface area contributed by atoms with Crippen molar-refractivity contribution in [2.75, 3.05) is 45.2 Å². The van der Waals surface area contributed by atoms with E-state index in [2.05, 4.69) is 28.2 Å². The number of amides is 1. The number of likely N-dealkylation sites (N-methyl/N-ethyl adjacent to an activating group) is 1. The number of rotatable bonds is 7. The molecule has 0 bridgehead atoms. The fourth-order valence-corrected chi connectivity index (χ4v) is 3.16. The Morgan fingerprint density at radius 1 is 1.04 bits per heavy atom. The van der Waals surface area contributed by atoms with Crippen LogP contribution in [0, 0.1) is 0 Å². The minimum absolute atomic E-state index is 0.0351. The van der Waals surface area contributed by atoms with Gasteiger partial charge in [-0.3, -0.25) is 14.5 Å². The number of ketones is 1. The van der Waals surface area contributed by atoms with Gasteiger partial charge in [0, 0.05) is 44.0 Å². The lowest BCUT2D eigenvalue weighted by Gasteiger charge is -2.32. The van der Waals surface area contributed by atoms with Gasteiger partial charge in [0.25, 0.3) is 5.91 Å². The number of hydrogen-bond acceptors (Lipinski definition) is 5. The predicted molar refractivity (Wildman–Crippen MR) is 110 cm³/mol. The van der Waals surface area contributed by atoms with Crippen molar-refractivity contribution in [2.45, 2.75) is 13.5 Å². The molecule has 0 aromatic heterocycles. The molecular formula is C22H27N3O3. The normalized spacial score (nSPS) is 15.2. The molecule has 1 saturated heterocycles. The van der Waals surface area contributed by atoms with E-state index in [0.717, 1.165) is 38.4 Å². The van der Waals surface area contributed by atoms with Crippen LogP contribution in [0.3, 0.4) is 0 Å². The quantitative estimate of drug-likeness (QED) is 0.747. The van der Waals surface area contributed by atoms with Crippen molar-refractivity contribution in [3.05, 3.63) is 59.7 Å². The van der Waals surface area contributed by atoms with Crippen LogP contribution in [0.25, 0.3) is 0 Å². The molecule has 3 rings (SSSR count). The van der Waals surface area contributed by atoms with Crippen molar-refractivity contribution in [3.8, 4) is 5.75 Å². The summed E-state index contributed by atoms with van der Waals surface area (Å²) >= 11 is 0. The Morgan fingerprint density at radius 3 is 2.54 bits per heavy atom. The number of carbonyl (C=O) groups is 2. The summed E-state index contributed by atoms with van der Waals surface area (Å²) < 4.78 is 5.52. The predicted octanol–water partition coefficient (Wildman–Crippen LogP) is 2.65. The number of nitrogens with zero attached hydrogens (tertiary/aromatic N) is 2. The van der Waals surface area contributed by atoms with Crippen LogP contribution >= 0.6 is 0 Å². The highest BCUT2D eigenvalue weighted by atomic mass is 16.5. The first kappa shape index (κ1) is 20.0. The number of hydrogen-bond donors (Lipinski definition) is 1. The maximum absolute atomic E-state index is 12.2. The highest BCUT2D eigenvalue weighted by Gasteiger charge is 2.14. The Bertz CT molecular complexity index is 829. The smallest absolute Gasteiger partial charge is 0.262 e. The van der Waals surface area contributed by atoms with Gasteiger partial charge >= 0.3 is 0 Å². The minimum Gasteiger partial charge on any atom is -0.484 e. The first-order valence-electron chi connectivity index (χ1n) is 9.53. The van der Waals surface area contributed by atoms with Gasteiger partial charge in [-0.25, -0.2) is 0 Å². The molecule has 1 fully saturated rings. The number of piperazine rings is 1. The average Bonchev–Trinajstić information content (AvgIpc) is 2.69. The van der Waals surface area contributed by atoms with E-state index in [1.165, 1.54) is 12.5 Å². The standard InChI is InChI=1S/C22H27N3O3/c1-17(26)19-6-4-8-21(14-19)28-16-22(27)23-20-7-3-5-18(13-20)15-25-11-9-24(2)10-12-25/h3-8,13-14H,9-12,15-16H2,1-2H3,(H,23,27). The summed E-state index contributed by atoms with van der Waals surface area (Å²) in [5.74, 6) is 0.240. The molecule has 1 aliphatic rings. The zero-order valence-electron chi connectivity index (χ0n) is 16.5. The lowest BCUT2D eigenvalue weighted by molar-refractivity contribution is -0.118. The molecule has 1 N–H and O–H groups in total. The van der Waals surface area contributed by atoms with Gasteiger partial charge in [0.1, 0.15) is 5.75 Å². The average molecular weight is 381 g/mol. The zero-order valence-corrected chi connectivity index (χ0v) is 16.5. The van der Waals surface area contributed by atoms with Crippen LogP contribution in [-0.4, -0.2) is 61.3 Å². The van der Waals surface area contributed by atoms with E-state index in [1.807, 2.05) is 18.2 Å². The molecule has 1 aliphatic heterocycles. The van der Waals surface area contributed by atoms with Crippen LogP contribution in [-0.2, 0) is 11.3 Å². The minimum atomic E-state index is -0.232. The molecular weight excluding hydrogens is 354 g/mol. The monoisotopic (exact) mass is 381 g/mol. The Hall–Kier alpha value is -2.70. The van der Waals surface area contributed by atoms with Gasteiger partial charge < -0.3 is 15.0 Å². The van der Waals surface area contributed by atoms with Crippen LogP contribution in [0.15, 0.2) is 48.5 Å². The fraction of sp³-hybridized carbons (Fsp3) is 0.364. The molecule has 2 aromatic rings. The number of ether oxygens (including phenoxy) is 1.